The lowest BCUT2D eigenvalue weighted by Crippen LogP contribution is -2.61. The Morgan fingerprint density at radius 1 is 1.06 bits per heavy atom. The molecule has 2 aliphatic carbocycles. The fourth-order valence-electron chi connectivity index (χ4n) is 4.13. The van der Waals surface area contributed by atoms with Gasteiger partial charge >= 0.3 is 0 Å². The standard InChI is InChI=1S/C13H25N3/c14-15-12(11-5-6-11)13(7-1-2-8-13)16-9-3-4-10-16/h11-12,15H,1-10,14H2. The average Bonchev–Trinajstić information content (AvgIpc) is 2.85. The van der Waals surface area contributed by atoms with Crippen LogP contribution in [-0.4, -0.2) is 29.6 Å². The smallest absolute Gasteiger partial charge is 0.0422 e. The van der Waals surface area contributed by atoms with E-state index in [-0.39, 0.29) is 0 Å². The first-order valence-corrected chi connectivity index (χ1v) is 7.08. The van der Waals surface area contributed by atoms with E-state index in [9.17, 15) is 0 Å². The van der Waals surface area contributed by atoms with E-state index < -0.39 is 0 Å². The maximum Gasteiger partial charge on any atom is 0.0422 e. The number of nitrogens with zero attached hydrogens (tertiary/aromatic N) is 1. The van der Waals surface area contributed by atoms with Gasteiger partial charge in [0.2, 0.25) is 0 Å². The van der Waals surface area contributed by atoms with Gasteiger partial charge in [-0.1, -0.05) is 12.8 Å². The minimum Gasteiger partial charge on any atom is -0.296 e. The van der Waals surface area contributed by atoms with Crippen molar-refractivity contribution in [2.24, 2.45) is 11.8 Å². The first kappa shape index (κ1) is 11.0. The van der Waals surface area contributed by atoms with Gasteiger partial charge < -0.3 is 0 Å². The molecule has 0 aromatic carbocycles. The molecule has 3 fully saturated rings. The monoisotopic (exact) mass is 223 g/mol. The quantitative estimate of drug-likeness (QED) is 0.562. The molecule has 3 aliphatic rings. The maximum atomic E-state index is 5.87. The minimum absolute atomic E-state index is 0.423. The third-order valence-corrected chi connectivity index (χ3v) is 5.06. The highest BCUT2D eigenvalue weighted by atomic mass is 15.3. The predicted octanol–water partition coefficient (Wildman–Crippen LogP) is 1.64. The molecule has 0 aromatic heterocycles. The van der Waals surface area contributed by atoms with Crippen LogP contribution in [-0.2, 0) is 0 Å². The van der Waals surface area contributed by atoms with Gasteiger partial charge in [-0.3, -0.25) is 16.2 Å². The molecule has 16 heavy (non-hydrogen) atoms. The van der Waals surface area contributed by atoms with Crippen molar-refractivity contribution in [1.29, 1.82) is 0 Å². The number of hydrogen-bond acceptors (Lipinski definition) is 3. The largest absolute Gasteiger partial charge is 0.296 e. The zero-order valence-corrected chi connectivity index (χ0v) is 10.3. The Morgan fingerprint density at radius 3 is 2.19 bits per heavy atom. The second-order valence-electron chi connectivity index (χ2n) is 5.99. The second-order valence-corrected chi connectivity index (χ2v) is 5.99. The van der Waals surface area contributed by atoms with Gasteiger partial charge in [-0.15, -0.1) is 0 Å². The normalized spacial score (nSPS) is 32.1. The number of hydrogen-bond donors (Lipinski definition) is 2. The lowest BCUT2D eigenvalue weighted by atomic mass is 9.83. The van der Waals surface area contributed by atoms with E-state index in [0.29, 0.717) is 11.6 Å². The van der Waals surface area contributed by atoms with Gasteiger partial charge in [0.05, 0.1) is 0 Å². The Hall–Kier alpha value is -0.120. The van der Waals surface area contributed by atoms with Crippen LogP contribution in [0.15, 0.2) is 0 Å². The van der Waals surface area contributed by atoms with Crippen LogP contribution in [0.1, 0.15) is 51.4 Å². The minimum atomic E-state index is 0.423. The van der Waals surface area contributed by atoms with Crippen LogP contribution in [0.5, 0.6) is 0 Å². The molecule has 1 heterocycles. The van der Waals surface area contributed by atoms with Crippen molar-refractivity contribution in [1.82, 2.24) is 10.3 Å². The highest BCUT2D eigenvalue weighted by Crippen LogP contribution is 2.47. The molecule has 3 nitrogen and oxygen atoms in total. The fraction of sp³-hybridized carbons (Fsp3) is 1.00. The average molecular weight is 223 g/mol. The summed E-state index contributed by atoms with van der Waals surface area (Å²) in [5, 5.41) is 0. The molecule has 3 N–H and O–H groups in total. The van der Waals surface area contributed by atoms with Crippen LogP contribution in [0.4, 0.5) is 0 Å². The van der Waals surface area contributed by atoms with E-state index >= 15 is 0 Å². The van der Waals surface area contributed by atoms with E-state index in [1.807, 2.05) is 0 Å². The molecule has 3 heteroatoms. The summed E-state index contributed by atoms with van der Waals surface area (Å²) in [5.74, 6) is 6.73. The van der Waals surface area contributed by atoms with Crippen LogP contribution < -0.4 is 11.3 Å². The summed E-state index contributed by atoms with van der Waals surface area (Å²) in [7, 11) is 0. The van der Waals surface area contributed by atoms with Crippen LogP contribution >= 0.6 is 0 Å². The van der Waals surface area contributed by atoms with Crippen molar-refractivity contribution in [3.63, 3.8) is 0 Å². The molecule has 0 radical (unpaired) electrons. The van der Waals surface area contributed by atoms with Crippen molar-refractivity contribution in [3.8, 4) is 0 Å². The summed E-state index contributed by atoms with van der Waals surface area (Å²) >= 11 is 0. The highest BCUT2D eigenvalue weighted by molar-refractivity contribution is 5.08. The third-order valence-electron chi connectivity index (χ3n) is 5.06. The Labute approximate surface area is 98.7 Å². The summed E-state index contributed by atoms with van der Waals surface area (Å²) < 4.78 is 0. The summed E-state index contributed by atoms with van der Waals surface area (Å²) in [6.45, 7) is 2.62. The number of nitrogens with two attached hydrogens (primary N) is 1. The Kier molecular flexibility index (Phi) is 2.94. The van der Waals surface area contributed by atoms with Crippen molar-refractivity contribution < 1.29 is 0 Å². The van der Waals surface area contributed by atoms with Crippen molar-refractivity contribution in [3.05, 3.63) is 0 Å². The molecular formula is C13H25N3. The van der Waals surface area contributed by atoms with E-state index in [1.165, 1.54) is 64.5 Å². The molecule has 0 amide bonds. The van der Waals surface area contributed by atoms with Gasteiger partial charge in [0.25, 0.3) is 0 Å². The first-order chi connectivity index (χ1) is 7.87. The molecule has 1 saturated heterocycles. The van der Waals surface area contributed by atoms with Gasteiger partial charge in [0.1, 0.15) is 0 Å². The number of nitrogens with one attached hydrogen (secondary N) is 1. The SMILES string of the molecule is NNC(C1CC1)C1(N2CCCC2)CCCC1. The van der Waals surface area contributed by atoms with Crippen LogP contribution in [0, 0.1) is 5.92 Å². The summed E-state index contributed by atoms with van der Waals surface area (Å²) in [5.41, 5.74) is 3.61. The molecule has 0 bridgehead atoms. The van der Waals surface area contributed by atoms with Crippen molar-refractivity contribution in [2.75, 3.05) is 13.1 Å². The van der Waals surface area contributed by atoms with Gasteiger partial charge in [0, 0.05) is 11.6 Å². The lowest BCUT2D eigenvalue weighted by molar-refractivity contribution is 0.0675. The molecule has 92 valence electrons. The van der Waals surface area contributed by atoms with Gasteiger partial charge in [0.15, 0.2) is 0 Å². The molecule has 1 atom stereocenters. The number of likely N-dealkylation sites (tertiary alicyclic amines) is 1. The van der Waals surface area contributed by atoms with Crippen LogP contribution in [0.2, 0.25) is 0 Å². The van der Waals surface area contributed by atoms with Gasteiger partial charge in [-0.2, -0.15) is 0 Å². The third kappa shape index (κ3) is 1.69. The Morgan fingerprint density at radius 2 is 1.69 bits per heavy atom. The van der Waals surface area contributed by atoms with E-state index in [4.69, 9.17) is 5.84 Å². The Balaban J connectivity index is 1.82. The lowest BCUT2D eigenvalue weighted by Gasteiger charge is -2.45. The zero-order valence-electron chi connectivity index (χ0n) is 10.3. The molecule has 3 rings (SSSR count). The molecule has 1 aliphatic heterocycles. The van der Waals surface area contributed by atoms with Gasteiger partial charge in [-0.05, 0) is 57.5 Å². The van der Waals surface area contributed by atoms with Crippen molar-refractivity contribution >= 4 is 0 Å². The highest BCUT2D eigenvalue weighted by Gasteiger charge is 2.51. The second kappa shape index (κ2) is 4.28. The molecule has 0 spiro atoms. The number of hydrazine groups is 1. The maximum absolute atomic E-state index is 5.87. The van der Waals surface area contributed by atoms with Gasteiger partial charge in [-0.25, -0.2) is 0 Å². The predicted molar refractivity (Wildman–Crippen MR) is 65.8 cm³/mol. The summed E-state index contributed by atoms with van der Waals surface area (Å²) in [6.07, 6.45) is 11.1. The van der Waals surface area contributed by atoms with Crippen LogP contribution in [0.25, 0.3) is 0 Å². The van der Waals surface area contributed by atoms with E-state index in [0.717, 1.165) is 5.92 Å². The molecule has 1 unspecified atom stereocenters. The topological polar surface area (TPSA) is 41.3 Å². The summed E-state index contributed by atoms with van der Waals surface area (Å²) in [4.78, 5) is 2.77. The molecular weight excluding hydrogens is 198 g/mol. The van der Waals surface area contributed by atoms with E-state index in [2.05, 4.69) is 10.3 Å². The van der Waals surface area contributed by atoms with Crippen molar-refractivity contribution in [2.45, 2.75) is 62.9 Å². The zero-order chi connectivity index (χ0) is 11.0. The fourth-order valence-corrected chi connectivity index (χ4v) is 4.13. The molecule has 0 aromatic rings. The summed E-state index contributed by atoms with van der Waals surface area (Å²) in [6, 6.07) is 0.563. The number of rotatable bonds is 4. The van der Waals surface area contributed by atoms with E-state index in [1.54, 1.807) is 0 Å². The molecule has 2 saturated carbocycles. The van der Waals surface area contributed by atoms with Crippen LogP contribution in [0.3, 0.4) is 0 Å². The Bertz CT molecular complexity index is 238. The first-order valence-electron chi connectivity index (χ1n) is 7.08.